The Morgan fingerprint density at radius 3 is 3.14 bits per heavy atom. The third kappa shape index (κ3) is 3.82. The smallest absolute Gasteiger partial charge is 0.315 e. The maximum absolute atomic E-state index is 11.8. The average Bonchev–Trinajstić information content (AvgIpc) is 3.24. The molecule has 7 nitrogen and oxygen atoms in total. The molecule has 2 N–H and O–H groups in total. The zero-order chi connectivity index (χ0) is 15.2. The number of urea groups is 1. The Morgan fingerprint density at radius 1 is 1.41 bits per heavy atom. The molecule has 1 aliphatic rings. The number of ether oxygens (including phenoxy) is 1. The minimum atomic E-state index is -0.163. The molecule has 0 aromatic carbocycles. The van der Waals surface area contributed by atoms with Crippen LogP contribution < -0.4 is 10.6 Å². The highest BCUT2D eigenvalue weighted by molar-refractivity contribution is 5.73. The van der Waals surface area contributed by atoms with Crippen LogP contribution in [0.4, 0.5) is 4.79 Å². The lowest BCUT2D eigenvalue weighted by molar-refractivity contribution is 0.185. The fourth-order valence-corrected chi connectivity index (χ4v) is 2.33. The lowest BCUT2D eigenvalue weighted by Crippen LogP contribution is -2.38. The number of aromatic nitrogens is 3. The summed E-state index contributed by atoms with van der Waals surface area (Å²) in [5, 5.41) is 9.86. The van der Waals surface area contributed by atoms with Gasteiger partial charge in [-0.05, 0) is 30.2 Å². The Balaban J connectivity index is 1.48. The van der Waals surface area contributed by atoms with Crippen molar-refractivity contribution in [3.05, 3.63) is 42.4 Å². The zero-order valence-corrected chi connectivity index (χ0v) is 12.2. The summed E-state index contributed by atoms with van der Waals surface area (Å²) in [5.74, 6) is 1.16. The van der Waals surface area contributed by atoms with Crippen molar-refractivity contribution in [3.63, 3.8) is 0 Å². The quantitative estimate of drug-likeness (QED) is 0.866. The van der Waals surface area contributed by atoms with Gasteiger partial charge >= 0.3 is 6.03 Å². The van der Waals surface area contributed by atoms with Gasteiger partial charge in [0.2, 0.25) is 0 Å². The second-order valence-corrected chi connectivity index (χ2v) is 5.27. The normalized spacial score (nSPS) is 17.4. The minimum Gasteiger partial charge on any atom is -0.381 e. The first-order valence-corrected chi connectivity index (χ1v) is 7.35. The molecule has 1 saturated heterocycles. The molecule has 3 heterocycles. The maximum Gasteiger partial charge on any atom is 0.315 e. The van der Waals surface area contributed by atoms with Crippen LogP contribution in [0.3, 0.4) is 0 Å². The molecule has 116 valence electrons. The van der Waals surface area contributed by atoms with Gasteiger partial charge in [-0.15, -0.1) is 0 Å². The molecule has 2 aromatic rings. The Labute approximate surface area is 128 Å². The average molecular weight is 301 g/mol. The second-order valence-electron chi connectivity index (χ2n) is 5.27. The second kappa shape index (κ2) is 7.04. The van der Waals surface area contributed by atoms with Crippen LogP contribution in [0.1, 0.15) is 12.0 Å². The Bertz CT molecular complexity index is 608. The number of hydrogen-bond acceptors (Lipinski definition) is 4. The van der Waals surface area contributed by atoms with Gasteiger partial charge in [0, 0.05) is 44.2 Å². The van der Waals surface area contributed by atoms with Crippen LogP contribution in [0.2, 0.25) is 0 Å². The number of nitrogens with zero attached hydrogens (tertiary/aromatic N) is 3. The summed E-state index contributed by atoms with van der Waals surface area (Å²) >= 11 is 0. The Hall–Kier alpha value is -2.41. The lowest BCUT2D eigenvalue weighted by Gasteiger charge is -2.11. The van der Waals surface area contributed by atoms with E-state index in [0.29, 0.717) is 19.0 Å². The molecular weight excluding hydrogens is 282 g/mol. The van der Waals surface area contributed by atoms with E-state index in [-0.39, 0.29) is 6.03 Å². The third-order valence-corrected chi connectivity index (χ3v) is 3.58. The number of hydrogen-bond donors (Lipinski definition) is 2. The van der Waals surface area contributed by atoms with E-state index in [1.165, 1.54) is 0 Å². The van der Waals surface area contributed by atoms with E-state index < -0.39 is 0 Å². The molecule has 1 aliphatic heterocycles. The van der Waals surface area contributed by atoms with Crippen molar-refractivity contribution in [1.82, 2.24) is 25.4 Å². The van der Waals surface area contributed by atoms with E-state index >= 15 is 0 Å². The first-order valence-electron chi connectivity index (χ1n) is 7.35. The summed E-state index contributed by atoms with van der Waals surface area (Å²) < 4.78 is 6.96. The molecule has 0 aliphatic carbocycles. The summed E-state index contributed by atoms with van der Waals surface area (Å²) in [6, 6.07) is 5.45. The number of amides is 2. The molecule has 1 fully saturated rings. The number of carbonyl (C=O) groups is 1. The van der Waals surface area contributed by atoms with Crippen LogP contribution in [0.15, 0.2) is 36.8 Å². The van der Waals surface area contributed by atoms with Gasteiger partial charge < -0.3 is 15.4 Å². The van der Waals surface area contributed by atoms with Gasteiger partial charge in [-0.25, -0.2) is 14.5 Å². The van der Waals surface area contributed by atoms with Crippen LogP contribution in [0.25, 0.3) is 5.82 Å². The van der Waals surface area contributed by atoms with E-state index in [4.69, 9.17) is 4.74 Å². The molecule has 2 amide bonds. The maximum atomic E-state index is 11.8. The molecule has 0 bridgehead atoms. The third-order valence-electron chi connectivity index (χ3n) is 3.58. The molecule has 0 unspecified atom stereocenters. The zero-order valence-electron chi connectivity index (χ0n) is 12.2. The van der Waals surface area contributed by atoms with Crippen molar-refractivity contribution in [2.45, 2.75) is 13.0 Å². The Kier molecular flexibility index (Phi) is 4.65. The predicted molar refractivity (Wildman–Crippen MR) is 80.5 cm³/mol. The monoisotopic (exact) mass is 301 g/mol. The van der Waals surface area contributed by atoms with Crippen LogP contribution >= 0.6 is 0 Å². The number of rotatable bonds is 5. The standard InChI is InChI=1S/C15H19N5O2/c21-15(18-10-13-3-7-22-11-13)17-9-12-2-5-16-14(8-12)20-6-1-4-19-20/h1-2,4-6,8,13H,3,7,9-11H2,(H2,17,18,21)/t13-/m0/s1. The van der Waals surface area contributed by atoms with E-state index in [2.05, 4.69) is 20.7 Å². The van der Waals surface area contributed by atoms with Crippen molar-refractivity contribution < 1.29 is 9.53 Å². The first kappa shape index (κ1) is 14.5. The molecule has 0 spiro atoms. The van der Waals surface area contributed by atoms with Gasteiger partial charge in [0.1, 0.15) is 0 Å². The van der Waals surface area contributed by atoms with E-state index in [1.807, 2.05) is 24.4 Å². The Morgan fingerprint density at radius 2 is 2.36 bits per heavy atom. The number of carbonyl (C=O) groups excluding carboxylic acids is 1. The molecular formula is C15H19N5O2. The summed E-state index contributed by atoms with van der Waals surface area (Å²) in [4.78, 5) is 16.0. The number of pyridine rings is 1. The lowest BCUT2D eigenvalue weighted by atomic mass is 10.1. The summed E-state index contributed by atoms with van der Waals surface area (Å²) in [6.45, 7) is 2.63. The van der Waals surface area contributed by atoms with Gasteiger partial charge in [0.15, 0.2) is 5.82 Å². The molecule has 1 atom stereocenters. The van der Waals surface area contributed by atoms with E-state index in [1.54, 1.807) is 17.1 Å². The van der Waals surface area contributed by atoms with Crippen LogP contribution in [0.5, 0.6) is 0 Å². The van der Waals surface area contributed by atoms with E-state index in [0.717, 1.165) is 31.0 Å². The molecule has 3 rings (SSSR count). The minimum absolute atomic E-state index is 0.163. The highest BCUT2D eigenvalue weighted by atomic mass is 16.5. The molecule has 22 heavy (non-hydrogen) atoms. The fourth-order valence-electron chi connectivity index (χ4n) is 2.33. The van der Waals surface area contributed by atoms with E-state index in [9.17, 15) is 4.79 Å². The first-order chi connectivity index (χ1) is 10.8. The van der Waals surface area contributed by atoms with Crippen LogP contribution in [-0.2, 0) is 11.3 Å². The summed E-state index contributed by atoms with van der Waals surface area (Å²) in [7, 11) is 0. The summed E-state index contributed by atoms with van der Waals surface area (Å²) in [5.41, 5.74) is 0.972. The topological polar surface area (TPSA) is 81.1 Å². The van der Waals surface area contributed by atoms with Crippen molar-refractivity contribution in [1.29, 1.82) is 0 Å². The van der Waals surface area contributed by atoms with Crippen molar-refractivity contribution in [2.24, 2.45) is 5.92 Å². The number of nitrogens with one attached hydrogen (secondary N) is 2. The van der Waals surface area contributed by atoms with Gasteiger partial charge in [0.05, 0.1) is 6.61 Å². The molecule has 0 radical (unpaired) electrons. The summed E-state index contributed by atoms with van der Waals surface area (Å²) in [6.07, 6.45) is 6.25. The SMILES string of the molecule is O=C(NCc1ccnc(-n2cccn2)c1)NC[C@@H]1CCOC1. The molecule has 0 saturated carbocycles. The fraction of sp³-hybridized carbons (Fsp3) is 0.400. The predicted octanol–water partition coefficient (Wildman–Crippen LogP) is 1.10. The highest BCUT2D eigenvalue weighted by Gasteiger charge is 2.16. The van der Waals surface area contributed by atoms with Crippen LogP contribution in [-0.4, -0.2) is 40.6 Å². The van der Waals surface area contributed by atoms with Crippen LogP contribution in [0, 0.1) is 5.92 Å². The van der Waals surface area contributed by atoms with Crippen molar-refractivity contribution in [2.75, 3.05) is 19.8 Å². The van der Waals surface area contributed by atoms with Gasteiger partial charge in [-0.1, -0.05) is 0 Å². The van der Waals surface area contributed by atoms with Gasteiger partial charge in [0.25, 0.3) is 0 Å². The largest absolute Gasteiger partial charge is 0.381 e. The van der Waals surface area contributed by atoms with Gasteiger partial charge in [-0.2, -0.15) is 5.10 Å². The molecule has 2 aromatic heterocycles. The van der Waals surface area contributed by atoms with Crippen molar-refractivity contribution >= 4 is 6.03 Å². The van der Waals surface area contributed by atoms with Gasteiger partial charge in [-0.3, -0.25) is 0 Å². The van der Waals surface area contributed by atoms with Crippen molar-refractivity contribution in [3.8, 4) is 5.82 Å². The molecule has 7 heteroatoms. The highest BCUT2D eigenvalue weighted by Crippen LogP contribution is 2.10.